The van der Waals surface area contributed by atoms with E-state index in [1.807, 2.05) is 29.6 Å². The van der Waals surface area contributed by atoms with E-state index in [4.69, 9.17) is 0 Å². The molecule has 1 amide bonds. The van der Waals surface area contributed by atoms with Gasteiger partial charge in [0.05, 0.1) is 15.1 Å². The summed E-state index contributed by atoms with van der Waals surface area (Å²) in [5, 5.41) is 5.26. The van der Waals surface area contributed by atoms with Crippen molar-refractivity contribution in [3.05, 3.63) is 40.6 Å². The number of carbonyl (C=O) groups is 1. The second kappa shape index (κ2) is 4.72. The molecule has 0 aliphatic carbocycles. The SMILES string of the molecule is O=C(Nc1nc2ccccc2s1)c1cc(S)cs1. The number of hydrogen-bond donors (Lipinski definition) is 2. The fourth-order valence-corrected chi connectivity index (χ4v) is 3.43. The molecule has 0 fully saturated rings. The first-order chi connectivity index (χ1) is 8.72. The molecule has 0 saturated carbocycles. The van der Waals surface area contributed by atoms with E-state index in [2.05, 4.69) is 22.9 Å². The molecule has 0 atom stereocenters. The summed E-state index contributed by atoms with van der Waals surface area (Å²) in [6, 6.07) is 9.55. The predicted octanol–water partition coefficient (Wildman–Crippen LogP) is 3.90. The monoisotopic (exact) mass is 292 g/mol. The van der Waals surface area contributed by atoms with Crippen LogP contribution in [-0.4, -0.2) is 10.9 Å². The van der Waals surface area contributed by atoms with Gasteiger partial charge in [-0.25, -0.2) is 4.98 Å². The summed E-state index contributed by atoms with van der Waals surface area (Å²) in [4.78, 5) is 17.7. The summed E-state index contributed by atoms with van der Waals surface area (Å²) in [6.07, 6.45) is 0. The Morgan fingerprint density at radius 2 is 2.17 bits per heavy atom. The number of thiol groups is 1. The maximum Gasteiger partial charge on any atom is 0.267 e. The molecule has 0 spiro atoms. The van der Waals surface area contributed by atoms with Crippen LogP contribution in [-0.2, 0) is 0 Å². The van der Waals surface area contributed by atoms with E-state index in [1.165, 1.54) is 22.7 Å². The van der Waals surface area contributed by atoms with Crippen LogP contribution in [0.4, 0.5) is 5.13 Å². The summed E-state index contributed by atoms with van der Waals surface area (Å²) in [5.74, 6) is -0.139. The van der Waals surface area contributed by atoms with Gasteiger partial charge >= 0.3 is 0 Å². The Labute approximate surface area is 117 Å². The summed E-state index contributed by atoms with van der Waals surface area (Å²) in [7, 11) is 0. The molecule has 3 rings (SSSR count). The third kappa shape index (κ3) is 2.27. The van der Waals surface area contributed by atoms with E-state index in [1.54, 1.807) is 6.07 Å². The summed E-state index contributed by atoms with van der Waals surface area (Å²) in [6.45, 7) is 0. The highest BCUT2D eigenvalue weighted by molar-refractivity contribution is 7.80. The molecule has 2 heterocycles. The Bertz CT molecular complexity index is 684. The molecule has 0 saturated heterocycles. The molecule has 90 valence electrons. The highest BCUT2D eigenvalue weighted by atomic mass is 32.1. The summed E-state index contributed by atoms with van der Waals surface area (Å²) in [5.41, 5.74) is 0.902. The Kier molecular flexibility index (Phi) is 3.07. The number of amides is 1. The van der Waals surface area contributed by atoms with Crippen molar-refractivity contribution in [3.8, 4) is 0 Å². The number of carbonyl (C=O) groups excluding carboxylic acids is 1. The molecular weight excluding hydrogens is 284 g/mol. The molecule has 0 bridgehead atoms. The second-order valence-electron chi connectivity index (χ2n) is 3.61. The van der Waals surface area contributed by atoms with Crippen molar-refractivity contribution in [2.24, 2.45) is 0 Å². The van der Waals surface area contributed by atoms with Gasteiger partial charge in [0.25, 0.3) is 5.91 Å². The van der Waals surface area contributed by atoms with Gasteiger partial charge in [-0.1, -0.05) is 23.5 Å². The standard InChI is InChI=1S/C12H8N2OS3/c15-11(10-5-7(16)6-17-10)14-12-13-8-3-1-2-4-9(8)18-12/h1-6,16H,(H,13,14,15). The average Bonchev–Trinajstić information content (AvgIpc) is 2.94. The minimum absolute atomic E-state index is 0.139. The van der Waals surface area contributed by atoms with Crippen molar-refractivity contribution < 1.29 is 4.79 Å². The Balaban J connectivity index is 1.86. The van der Waals surface area contributed by atoms with Gasteiger partial charge in [-0.2, -0.15) is 0 Å². The number of para-hydroxylation sites is 1. The average molecular weight is 292 g/mol. The van der Waals surface area contributed by atoms with E-state index in [0.29, 0.717) is 10.0 Å². The predicted molar refractivity (Wildman–Crippen MR) is 79.1 cm³/mol. The molecule has 0 aliphatic rings. The minimum Gasteiger partial charge on any atom is -0.297 e. The van der Waals surface area contributed by atoms with Gasteiger partial charge < -0.3 is 0 Å². The molecular formula is C12H8N2OS3. The van der Waals surface area contributed by atoms with E-state index >= 15 is 0 Å². The van der Waals surface area contributed by atoms with Crippen LogP contribution >= 0.6 is 35.3 Å². The molecule has 1 N–H and O–H groups in total. The number of hydrogen-bond acceptors (Lipinski definition) is 5. The number of nitrogens with zero attached hydrogens (tertiary/aromatic N) is 1. The molecule has 0 unspecified atom stereocenters. The fourth-order valence-electron chi connectivity index (χ4n) is 1.53. The highest BCUT2D eigenvalue weighted by Gasteiger charge is 2.11. The van der Waals surface area contributed by atoms with Crippen molar-refractivity contribution in [2.45, 2.75) is 4.90 Å². The van der Waals surface area contributed by atoms with Crippen LogP contribution in [0.3, 0.4) is 0 Å². The number of thiazole rings is 1. The second-order valence-corrected chi connectivity index (χ2v) is 6.07. The van der Waals surface area contributed by atoms with Gasteiger partial charge in [0, 0.05) is 10.3 Å². The zero-order chi connectivity index (χ0) is 12.5. The van der Waals surface area contributed by atoms with Crippen molar-refractivity contribution in [3.63, 3.8) is 0 Å². The van der Waals surface area contributed by atoms with Gasteiger partial charge in [0.2, 0.25) is 0 Å². The quantitative estimate of drug-likeness (QED) is 0.703. The molecule has 6 heteroatoms. The van der Waals surface area contributed by atoms with Crippen molar-refractivity contribution >= 4 is 56.6 Å². The van der Waals surface area contributed by atoms with Gasteiger partial charge in [0.15, 0.2) is 5.13 Å². The third-order valence-electron chi connectivity index (χ3n) is 2.32. The van der Waals surface area contributed by atoms with Gasteiger partial charge in [-0.3, -0.25) is 10.1 Å². The Hall–Kier alpha value is -1.37. The number of anilines is 1. The van der Waals surface area contributed by atoms with E-state index in [-0.39, 0.29) is 5.91 Å². The van der Waals surface area contributed by atoms with Crippen molar-refractivity contribution in [1.29, 1.82) is 0 Å². The lowest BCUT2D eigenvalue weighted by molar-refractivity contribution is 0.103. The summed E-state index contributed by atoms with van der Waals surface area (Å²) < 4.78 is 1.06. The maximum atomic E-state index is 11.9. The van der Waals surface area contributed by atoms with Crippen LogP contribution in [0.5, 0.6) is 0 Å². The first-order valence-electron chi connectivity index (χ1n) is 5.17. The van der Waals surface area contributed by atoms with Crippen LogP contribution in [0.15, 0.2) is 40.6 Å². The molecule has 3 aromatic rings. The first kappa shape index (κ1) is 11.7. The zero-order valence-electron chi connectivity index (χ0n) is 9.08. The largest absolute Gasteiger partial charge is 0.297 e. The smallest absolute Gasteiger partial charge is 0.267 e. The lowest BCUT2D eigenvalue weighted by Crippen LogP contribution is -2.09. The van der Waals surface area contributed by atoms with E-state index in [0.717, 1.165) is 15.1 Å². The first-order valence-corrected chi connectivity index (χ1v) is 7.31. The minimum atomic E-state index is -0.139. The molecule has 18 heavy (non-hydrogen) atoms. The number of nitrogens with one attached hydrogen (secondary N) is 1. The zero-order valence-corrected chi connectivity index (χ0v) is 11.6. The number of fused-ring (bicyclic) bond motifs is 1. The van der Waals surface area contributed by atoms with E-state index in [9.17, 15) is 4.79 Å². The number of thiophene rings is 1. The van der Waals surface area contributed by atoms with Crippen LogP contribution < -0.4 is 5.32 Å². The molecule has 1 aromatic carbocycles. The Morgan fingerprint density at radius 1 is 1.33 bits per heavy atom. The topological polar surface area (TPSA) is 42.0 Å². The maximum absolute atomic E-state index is 11.9. The third-order valence-corrected chi connectivity index (χ3v) is 4.64. The molecule has 0 radical (unpaired) electrons. The van der Waals surface area contributed by atoms with Gasteiger partial charge in [-0.15, -0.1) is 24.0 Å². The lowest BCUT2D eigenvalue weighted by Gasteiger charge is -1.96. The number of rotatable bonds is 2. The van der Waals surface area contributed by atoms with Crippen LogP contribution in [0.1, 0.15) is 9.67 Å². The van der Waals surface area contributed by atoms with Crippen LogP contribution in [0, 0.1) is 0 Å². The normalized spacial score (nSPS) is 10.7. The number of benzene rings is 1. The lowest BCUT2D eigenvalue weighted by atomic mass is 10.3. The Morgan fingerprint density at radius 3 is 2.89 bits per heavy atom. The van der Waals surface area contributed by atoms with Crippen LogP contribution in [0.2, 0.25) is 0 Å². The van der Waals surface area contributed by atoms with E-state index < -0.39 is 0 Å². The van der Waals surface area contributed by atoms with Crippen LogP contribution in [0.25, 0.3) is 10.2 Å². The fraction of sp³-hybridized carbons (Fsp3) is 0. The molecule has 3 nitrogen and oxygen atoms in total. The summed E-state index contributed by atoms with van der Waals surface area (Å²) >= 11 is 7.03. The van der Waals surface area contributed by atoms with Crippen molar-refractivity contribution in [1.82, 2.24) is 4.98 Å². The molecule has 0 aliphatic heterocycles. The van der Waals surface area contributed by atoms with Crippen molar-refractivity contribution in [2.75, 3.05) is 5.32 Å². The number of aromatic nitrogens is 1. The van der Waals surface area contributed by atoms with Gasteiger partial charge in [-0.05, 0) is 18.2 Å². The highest BCUT2D eigenvalue weighted by Crippen LogP contribution is 2.26. The van der Waals surface area contributed by atoms with Gasteiger partial charge in [0.1, 0.15) is 0 Å². The molecule has 2 aromatic heterocycles.